The summed E-state index contributed by atoms with van der Waals surface area (Å²) in [5, 5.41) is 3.42. The summed E-state index contributed by atoms with van der Waals surface area (Å²) in [7, 11) is 0. The van der Waals surface area contributed by atoms with Crippen molar-refractivity contribution in [3.8, 4) is 0 Å². The van der Waals surface area contributed by atoms with Crippen molar-refractivity contribution in [2.45, 2.75) is 26.7 Å². The van der Waals surface area contributed by atoms with Gasteiger partial charge in [0.15, 0.2) is 0 Å². The number of rotatable bonds is 5. The van der Waals surface area contributed by atoms with Crippen molar-refractivity contribution in [3.05, 3.63) is 58.1 Å². The molecule has 1 N–H and O–H groups in total. The predicted molar refractivity (Wildman–Crippen MR) is 104 cm³/mol. The molecule has 2 rings (SSSR count). The van der Waals surface area contributed by atoms with Crippen LogP contribution in [-0.2, 0) is 9.59 Å². The molecule has 6 heteroatoms. The monoisotopic (exact) mass is 378 g/mol. The third-order valence-corrected chi connectivity index (χ3v) is 4.36. The first-order chi connectivity index (χ1) is 11.8. The molecule has 0 saturated carbocycles. The van der Waals surface area contributed by atoms with Crippen LogP contribution in [0.1, 0.15) is 32.3 Å². The Balaban J connectivity index is 2.14. The van der Waals surface area contributed by atoms with Crippen molar-refractivity contribution in [3.63, 3.8) is 0 Å². The summed E-state index contributed by atoms with van der Waals surface area (Å²) in [6, 6.07) is 12.6. The van der Waals surface area contributed by atoms with Gasteiger partial charge in [-0.05, 0) is 35.7 Å². The molecular weight excluding hydrogens is 359 g/mol. The number of carbonyl (C=O) groups is 2. The van der Waals surface area contributed by atoms with E-state index in [4.69, 9.17) is 23.2 Å². The largest absolute Gasteiger partial charge is 0.325 e. The van der Waals surface area contributed by atoms with E-state index in [0.29, 0.717) is 27.3 Å². The van der Waals surface area contributed by atoms with Gasteiger partial charge in [0.05, 0.1) is 15.7 Å². The highest BCUT2D eigenvalue weighted by atomic mass is 35.5. The third-order valence-electron chi connectivity index (χ3n) is 3.75. The van der Waals surface area contributed by atoms with E-state index in [0.717, 1.165) is 0 Å². The van der Waals surface area contributed by atoms with Crippen LogP contribution in [0.2, 0.25) is 10.0 Å². The second-order valence-electron chi connectivity index (χ2n) is 6.00. The minimum Gasteiger partial charge on any atom is -0.325 e. The number of anilines is 2. The van der Waals surface area contributed by atoms with Gasteiger partial charge in [0.1, 0.15) is 6.54 Å². The number of para-hydroxylation sites is 1. The Labute approximate surface area is 157 Å². The zero-order chi connectivity index (χ0) is 18.6. The van der Waals surface area contributed by atoms with Gasteiger partial charge in [-0.1, -0.05) is 55.2 Å². The van der Waals surface area contributed by atoms with Gasteiger partial charge in [-0.3, -0.25) is 9.59 Å². The summed E-state index contributed by atoms with van der Waals surface area (Å²) < 4.78 is 0. The molecule has 0 spiro atoms. The molecule has 0 saturated heterocycles. The molecule has 2 amide bonds. The van der Waals surface area contributed by atoms with Gasteiger partial charge in [-0.2, -0.15) is 0 Å². The van der Waals surface area contributed by atoms with E-state index in [9.17, 15) is 9.59 Å². The predicted octanol–water partition coefficient (Wildman–Crippen LogP) is 5.11. The molecule has 0 heterocycles. The van der Waals surface area contributed by atoms with Crippen LogP contribution in [0.4, 0.5) is 11.4 Å². The Kier molecular flexibility index (Phi) is 6.45. The third kappa shape index (κ3) is 4.97. The van der Waals surface area contributed by atoms with Crippen LogP contribution in [0.15, 0.2) is 42.5 Å². The lowest BCUT2D eigenvalue weighted by atomic mass is 10.0. The number of hydrogen-bond donors (Lipinski definition) is 1. The van der Waals surface area contributed by atoms with Crippen LogP contribution in [0.3, 0.4) is 0 Å². The molecule has 0 aromatic heterocycles. The van der Waals surface area contributed by atoms with Gasteiger partial charge in [-0.25, -0.2) is 0 Å². The maximum atomic E-state index is 12.4. The Morgan fingerprint density at radius 2 is 1.60 bits per heavy atom. The Morgan fingerprint density at radius 1 is 1.04 bits per heavy atom. The molecule has 132 valence electrons. The fraction of sp³-hybridized carbons (Fsp3) is 0.263. The van der Waals surface area contributed by atoms with E-state index in [-0.39, 0.29) is 18.4 Å². The van der Waals surface area contributed by atoms with Crippen molar-refractivity contribution in [1.29, 1.82) is 0 Å². The minimum absolute atomic E-state index is 0.176. The molecular formula is C19H20Cl2N2O2. The molecule has 2 aromatic rings. The highest BCUT2D eigenvalue weighted by Gasteiger charge is 2.21. The van der Waals surface area contributed by atoms with Crippen molar-refractivity contribution in [2.75, 3.05) is 16.8 Å². The average Bonchev–Trinajstić information content (AvgIpc) is 2.54. The van der Waals surface area contributed by atoms with Crippen LogP contribution in [0.5, 0.6) is 0 Å². The quantitative estimate of drug-likeness (QED) is 0.785. The summed E-state index contributed by atoms with van der Waals surface area (Å²) in [6.07, 6.45) is 0. The van der Waals surface area contributed by atoms with E-state index < -0.39 is 0 Å². The SMILES string of the molecule is CC(=O)N(CC(=O)Nc1ccc(C(C)C)cc1)c1c(Cl)cccc1Cl. The zero-order valence-electron chi connectivity index (χ0n) is 14.3. The van der Waals surface area contributed by atoms with Crippen LogP contribution in [0, 0.1) is 0 Å². The van der Waals surface area contributed by atoms with E-state index in [1.54, 1.807) is 18.2 Å². The number of benzene rings is 2. The first kappa shape index (κ1) is 19.3. The molecule has 25 heavy (non-hydrogen) atoms. The van der Waals surface area contributed by atoms with Crippen molar-refractivity contribution < 1.29 is 9.59 Å². The Bertz CT molecular complexity index is 753. The van der Waals surface area contributed by atoms with Crippen molar-refractivity contribution in [1.82, 2.24) is 0 Å². The van der Waals surface area contributed by atoms with Crippen LogP contribution < -0.4 is 10.2 Å². The molecule has 0 aliphatic carbocycles. The Morgan fingerprint density at radius 3 is 2.08 bits per heavy atom. The number of nitrogens with zero attached hydrogens (tertiary/aromatic N) is 1. The molecule has 0 bridgehead atoms. The first-order valence-corrected chi connectivity index (χ1v) is 8.67. The van der Waals surface area contributed by atoms with Gasteiger partial charge in [-0.15, -0.1) is 0 Å². The Hall–Kier alpha value is -2.04. The van der Waals surface area contributed by atoms with Gasteiger partial charge in [0.2, 0.25) is 11.8 Å². The summed E-state index contributed by atoms with van der Waals surface area (Å²) in [4.78, 5) is 25.6. The van der Waals surface area contributed by atoms with Crippen molar-refractivity contribution >= 4 is 46.4 Å². The lowest BCUT2D eigenvalue weighted by Crippen LogP contribution is -2.37. The summed E-state index contributed by atoms with van der Waals surface area (Å²) in [5.41, 5.74) is 2.19. The lowest BCUT2D eigenvalue weighted by molar-refractivity contribution is -0.120. The number of carbonyl (C=O) groups excluding carboxylic acids is 2. The maximum Gasteiger partial charge on any atom is 0.244 e. The average molecular weight is 379 g/mol. The van der Waals surface area contributed by atoms with Gasteiger partial charge in [0, 0.05) is 12.6 Å². The van der Waals surface area contributed by atoms with Crippen LogP contribution >= 0.6 is 23.2 Å². The smallest absolute Gasteiger partial charge is 0.244 e. The molecule has 0 atom stereocenters. The summed E-state index contributed by atoms with van der Waals surface area (Å²) in [5.74, 6) is -0.232. The molecule has 2 aromatic carbocycles. The molecule has 0 unspecified atom stereocenters. The molecule has 4 nitrogen and oxygen atoms in total. The standard InChI is InChI=1S/C19H20Cl2N2O2/c1-12(2)14-7-9-15(10-8-14)22-18(25)11-23(13(3)24)19-16(20)5-4-6-17(19)21/h4-10,12H,11H2,1-3H3,(H,22,25). The van der Waals surface area contributed by atoms with Gasteiger partial charge in [0.25, 0.3) is 0 Å². The highest BCUT2D eigenvalue weighted by Crippen LogP contribution is 2.33. The van der Waals surface area contributed by atoms with Gasteiger partial charge >= 0.3 is 0 Å². The number of nitrogens with one attached hydrogen (secondary N) is 1. The maximum absolute atomic E-state index is 12.4. The topological polar surface area (TPSA) is 49.4 Å². The van der Waals surface area contributed by atoms with Crippen LogP contribution in [0.25, 0.3) is 0 Å². The zero-order valence-corrected chi connectivity index (χ0v) is 15.9. The highest BCUT2D eigenvalue weighted by molar-refractivity contribution is 6.40. The van der Waals surface area contributed by atoms with E-state index in [2.05, 4.69) is 19.2 Å². The van der Waals surface area contributed by atoms with E-state index in [1.807, 2.05) is 24.3 Å². The van der Waals surface area contributed by atoms with E-state index >= 15 is 0 Å². The normalized spacial score (nSPS) is 10.6. The summed E-state index contributed by atoms with van der Waals surface area (Å²) in [6.45, 7) is 5.40. The minimum atomic E-state index is -0.330. The fourth-order valence-corrected chi connectivity index (χ4v) is 2.99. The first-order valence-electron chi connectivity index (χ1n) is 7.91. The fourth-order valence-electron chi connectivity index (χ4n) is 2.39. The van der Waals surface area contributed by atoms with E-state index in [1.165, 1.54) is 17.4 Å². The number of amides is 2. The van der Waals surface area contributed by atoms with Gasteiger partial charge < -0.3 is 10.2 Å². The molecule has 0 radical (unpaired) electrons. The molecule has 0 aliphatic rings. The number of hydrogen-bond acceptors (Lipinski definition) is 2. The van der Waals surface area contributed by atoms with Crippen molar-refractivity contribution in [2.24, 2.45) is 0 Å². The lowest BCUT2D eigenvalue weighted by Gasteiger charge is -2.23. The second-order valence-corrected chi connectivity index (χ2v) is 6.81. The second kappa shape index (κ2) is 8.37. The summed E-state index contributed by atoms with van der Waals surface area (Å²) >= 11 is 12.3. The molecule has 0 aliphatic heterocycles. The molecule has 0 fully saturated rings. The van der Waals surface area contributed by atoms with Crippen LogP contribution in [-0.4, -0.2) is 18.4 Å². The number of halogens is 2.